The minimum absolute atomic E-state index is 0.0238. The lowest BCUT2D eigenvalue weighted by Crippen LogP contribution is -2.45. The van der Waals surface area contributed by atoms with E-state index in [1.807, 2.05) is 0 Å². The molecule has 2 N–H and O–H groups in total. The van der Waals surface area contributed by atoms with Gasteiger partial charge in [0.15, 0.2) is 5.03 Å². The molecule has 2 aliphatic heterocycles. The predicted octanol–water partition coefficient (Wildman–Crippen LogP) is 0.246. The fourth-order valence-corrected chi connectivity index (χ4v) is 4.90. The largest absolute Gasteiger partial charge is 0.465 e. The molecule has 24 heavy (non-hydrogen) atoms. The van der Waals surface area contributed by atoms with Gasteiger partial charge in [-0.25, -0.2) is 18.2 Å². The molecule has 10 heteroatoms. The van der Waals surface area contributed by atoms with Crippen LogP contribution < -0.4 is 5.32 Å². The van der Waals surface area contributed by atoms with Gasteiger partial charge >= 0.3 is 6.09 Å². The lowest BCUT2D eigenvalue weighted by Gasteiger charge is -2.30. The minimum atomic E-state index is -3.75. The van der Waals surface area contributed by atoms with Crippen molar-refractivity contribution in [2.24, 2.45) is 13.0 Å². The second kappa shape index (κ2) is 6.69. The van der Waals surface area contributed by atoms with Crippen LogP contribution in [0.15, 0.2) is 17.6 Å². The summed E-state index contributed by atoms with van der Waals surface area (Å²) in [5.74, 6) is -0.195. The number of nitrogens with one attached hydrogen (secondary N) is 1. The van der Waals surface area contributed by atoms with E-state index in [4.69, 9.17) is 9.84 Å². The van der Waals surface area contributed by atoms with Crippen molar-refractivity contribution in [1.29, 1.82) is 0 Å². The van der Waals surface area contributed by atoms with Crippen molar-refractivity contribution in [1.82, 2.24) is 19.2 Å². The first-order valence-corrected chi connectivity index (χ1v) is 9.41. The number of ether oxygens (including phenoxy) is 1. The number of carbonyl (C=O) groups is 1. The number of hydrogen-bond acceptors (Lipinski definition) is 5. The van der Waals surface area contributed by atoms with Crippen LogP contribution in [-0.4, -0.2) is 65.3 Å². The van der Waals surface area contributed by atoms with Gasteiger partial charge in [0.1, 0.15) is 0 Å². The van der Waals surface area contributed by atoms with E-state index in [-0.39, 0.29) is 30.1 Å². The van der Waals surface area contributed by atoms with Gasteiger partial charge in [-0.15, -0.1) is 0 Å². The Morgan fingerprint density at radius 3 is 2.79 bits per heavy atom. The smallest absolute Gasteiger partial charge is 0.404 e. The fourth-order valence-electron chi connectivity index (χ4n) is 3.43. The summed E-state index contributed by atoms with van der Waals surface area (Å²) in [7, 11) is -2.05. The topological polar surface area (TPSA) is 114 Å². The number of imidazole rings is 1. The molecule has 0 unspecified atom stereocenters. The Morgan fingerprint density at radius 2 is 2.21 bits per heavy atom. The van der Waals surface area contributed by atoms with E-state index < -0.39 is 22.2 Å². The van der Waals surface area contributed by atoms with Gasteiger partial charge in [0, 0.05) is 38.9 Å². The second-order valence-electron chi connectivity index (χ2n) is 6.32. The van der Waals surface area contributed by atoms with E-state index in [1.54, 1.807) is 11.6 Å². The lowest BCUT2D eigenvalue weighted by atomic mass is 9.92. The SMILES string of the molecule is Cn1cnc(S(=O)(=O)N2C[C@@H]([C@H]3CCCCO3)[C@@H](NC(=O)O)C2)c1. The average Bonchev–Trinajstić information content (AvgIpc) is 3.15. The van der Waals surface area contributed by atoms with Gasteiger partial charge in [0.25, 0.3) is 10.0 Å². The summed E-state index contributed by atoms with van der Waals surface area (Å²) in [4.78, 5) is 15.0. The molecule has 0 spiro atoms. The third-order valence-electron chi connectivity index (χ3n) is 4.62. The van der Waals surface area contributed by atoms with Crippen molar-refractivity contribution < 1.29 is 23.1 Å². The number of amides is 1. The maximum Gasteiger partial charge on any atom is 0.404 e. The Bertz CT molecular complexity index is 698. The average molecular weight is 358 g/mol. The normalized spacial score (nSPS) is 28.8. The maximum atomic E-state index is 12.7. The molecule has 1 aromatic rings. The number of aromatic nitrogens is 2. The van der Waals surface area contributed by atoms with E-state index in [9.17, 15) is 13.2 Å². The molecule has 2 aliphatic rings. The van der Waals surface area contributed by atoms with Crippen LogP contribution >= 0.6 is 0 Å². The number of carboxylic acid groups (broad SMARTS) is 1. The Hall–Kier alpha value is -1.65. The molecule has 0 aromatic carbocycles. The molecule has 1 amide bonds. The highest BCUT2D eigenvalue weighted by atomic mass is 32.2. The van der Waals surface area contributed by atoms with Gasteiger partial charge in [-0.3, -0.25) is 0 Å². The van der Waals surface area contributed by atoms with Gasteiger partial charge in [0.05, 0.1) is 18.5 Å². The molecule has 1 aromatic heterocycles. The summed E-state index contributed by atoms with van der Waals surface area (Å²) in [6, 6.07) is -0.482. The molecule has 0 radical (unpaired) electrons. The van der Waals surface area contributed by atoms with E-state index in [2.05, 4.69) is 10.3 Å². The van der Waals surface area contributed by atoms with E-state index in [0.717, 1.165) is 19.3 Å². The van der Waals surface area contributed by atoms with Gasteiger partial charge in [-0.1, -0.05) is 0 Å². The molecular weight excluding hydrogens is 336 g/mol. The number of nitrogens with zero attached hydrogens (tertiary/aromatic N) is 3. The van der Waals surface area contributed by atoms with Crippen LogP contribution in [0.25, 0.3) is 0 Å². The Morgan fingerprint density at radius 1 is 1.42 bits per heavy atom. The molecule has 2 saturated heterocycles. The fraction of sp³-hybridized carbons (Fsp3) is 0.714. The summed E-state index contributed by atoms with van der Waals surface area (Å²) in [6.45, 7) is 0.957. The lowest BCUT2D eigenvalue weighted by molar-refractivity contribution is -0.0223. The standard InChI is InChI=1S/C14H22N4O5S/c1-17-8-13(15-9-17)24(21,22)18-6-10(11(7-18)16-14(19)20)12-4-2-3-5-23-12/h8-12,16H,2-7H2,1H3,(H,19,20)/t10-,11+,12-/m1/s1. The first kappa shape index (κ1) is 17.2. The number of aryl methyl sites for hydroxylation is 1. The van der Waals surface area contributed by atoms with Crippen molar-refractivity contribution in [3.05, 3.63) is 12.5 Å². The van der Waals surface area contributed by atoms with Crippen LogP contribution in [0.2, 0.25) is 0 Å². The highest BCUT2D eigenvalue weighted by Crippen LogP contribution is 2.31. The number of rotatable bonds is 4. The summed E-state index contributed by atoms with van der Waals surface area (Å²) >= 11 is 0. The molecule has 3 atom stereocenters. The monoisotopic (exact) mass is 358 g/mol. The zero-order valence-corrected chi connectivity index (χ0v) is 14.3. The Balaban J connectivity index is 1.81. The number of sulfonamides is 1. The first-order valence-electron chi connectivity index (χ1n) is 7.97. The zero-order valence-electron chi connectivity index (χ0n) is 13.5. The molecule has 0 bridgehead atoms. The Labute approximate surface area is 140 Å². The van der Waals surface area contributed by atoms with Gasteiger partial charge in [0.2, 0.25) is 0 Å². The zero-order chi connectivity index (χ0) is 17.3. The van der Waals surface area contributed by atoms with E-state index in [1.165, 1.54) is 16.8 Å². The van der Waals surface area contributed by atoms with Crippen LogP contribution in [0.3, 0.4) is 0 Å². The third-order valence-corrected chi connectivity index (χ3v) is 6.34. The molecule has 2 fully saturated rings. The van der Waals surface area contributed by atoms with Crippen molar-refractivity contribution in [3.63, 3.8) is 0 Å². The molecule has 3 heterocycles. The van der Waals surface area contributed by atoms with Crippen molar-refractivity contribution >= 4 is 16.1 Å². The summed E-state index contributed by atoms with van der Waals surface area (Å²) in [6.07, 6.45) is 4.40. The van der Waals surface area contributed by atoms with Crippen LogP contribution in [0, 0.1) is 5.92 Å². The quantitative estimate of drug-likeness (QED) is 0.797. The van der Waals surface area contributed by atoms with Crippen molar-refractivity contribution in [2.75, 3.05) is 19.7 Å². The summed E-state index contributed by atoms with van der Waals surface area (Å²) < 4.78 is 34.1. The molecule has 3 rings (SSSR count). The van der Waals surface area contributed by atoms with Crippen molar-refractivity contribution in [2.45, 2.75) is 36.4 Å². The third kappa shape index (κ3) is 3.40. The van der Waals surface area contributed by atoms with Gasteiger partial charge in [-0.2, -0.15) is 4.31 Å². The van der Waals surface area contributed by atoms with Crippen LogP contribution in [0.5, 0.6) is 0 Å². The van der Waals surface area contributed by atoms with Crippen LogP contribution in [0.1, 0.15) is 19.3 Å². The predicted molar refractivity (Wildman–Crippen MR) is 84.0 cm³/mol. The Kier molecular flexibility index (Phi) is 4.79. The second-order valence-corrected chi connectivity index (χ2v) is 8.21. The number of hydrogen-bond donors (Lipinski definition) is 2. The molecule has 0 saturated carbocycles. The summed E-state index contributed by atoms with van der Waals surface area (Å²) in [5.41, 5.74) is 0. The summed E-state index contributed by atoms with van der Waals surface area (Å²) in [5, 5.41) is 11.5. The molecule has 0 aliphatic carbocycles. The van der Waals surface area contributed by atoms with Crippen molar-refractivity contribution in [3.8, 4) is 0 Å². The molecule has 134 valence electrons. The maximum absolute atomic E-state index is 12.7. The van der Waals surface area contributed by atoms with Gasteiger partial charge in [-0.05, 0) is 19.3 Å². The van der Waals surface area contributed by atoms with E-state index >= 15 is 0 Å². The van der Waals surface area contributed by atoms with Crippen LogP contribution in [-0.2, 0) is 21.8 Å². The minimum Gasteiger partial charge on any atom is -0.465 e. The first-order chi connectivity index (χ1) is 11.4. The molecule has 9 nitrogen and oxygen atoms in total. The van der Waals surface area contributed by atoms with Crippen LogP contribution in [0.4, 0.5) is 4.79 Å². The van der Waals surface area contributed by atoms with Gasteiger partial charge < -0.3 is 19.7 Å². The molecular formula is C14H22N4O5S. The highest BCUT2D eigenvalue weighted by molar-refractivity contribution is 7.89. The highest BCUT2D eigenvalue weighted by Gasteiger charge is 2.44. The van der Waals surface area contributed by atoms with E-state index in [0.29, 0.717) is 6.61 Å².